The molecule has 1 aromatic rings. The zero-order chi connectivity index (χ0) is 20.7. The van der Waals surface area contributed by atoms with Crippen LogP contribution >= 0.6 is 0 Å². The van der Waals surface area contributed by atoms with Gasteiger partial charge < -0.3 is 15.0 Å². The number of rotatable bonds is 8. The van der Waals surface area contributed by atoms with Crippen molar-refractivity contribution < 1.29 is 22.7 Å². The standard InChI is InChI=1S/C20H30N2O5S/c1-4-28(25,26)13-12-21-20(24)17-8-10-18(11-9-17)27-14-19(23)22-15(2)6-5-7-16(22)3/h8-11,15-16H,4-7,12-14H2,1-3H3,(H,21,24). The van der Waals surface area contributed by atoms with E-state index in [0.717, 1.165) is 19.3 Å². The van der Waals surface area contributed by atoms with Crippen molar-refractivity contribution in [3.63, 3.8) is 0 Å². The molecule has 1 aliphatic heterocycles. The third-order valence-electron chi connectivity index (χ3n) is 5.10. The number of benzene rings is 1. The Morgan fingerprint density at radius 3 is 2.32 bits per heavy atom. The molecule has 0 aliphatic carbocycles. The average molecular weight is 411 g/mol. The number of likely N-dealkylation sites (tertiary alicyclic amines) is 1. The van der Waals surface area contributed by atoms with Gasteiger partial charge in [0.05, 0.1) is 5.75 Å². The second-order valence-corrected chi connectivity index (χ2v) is 9.71. The molecule has 0 radical (unpaired) electrons. The first-order valence-electron chi connectivity index (χ1n) is 9.76. The summed E-state index contributed by atoms with van der Waals surface area (Å²) in [6, 6.07) is 6.90. The van der Waals surface area contributed by atoms with Crippen LogP contribution in [0.25, 0.3) is 0 Å². The number of hydrogen-bond donors (Lipinski definition) is 1. The summed E-state index contributed by atoms with van der Waals surface area (Å²) in [5, 5.41) is 2.59. The number of piperidine rings is 1. The van der Waals surface area contributed by atoms with Crippen molar-refractivity contribution in [1.29, 1.82) is 0 Å². The van der Waals surface area contributed by atoms with Gasteiger partial charge in [-0.3, -0.25) is 9.59 Å². The zero-order valence-corrected chi connectivity index (χ0v) is 17.6. The van der Waals surface area contributed by atoms with E-state index in [0.29, 0.717) is 11.3 Å². The van der Waals surface area contributed by atoms with Crippen LogP contribution in [0.4, 0.5) is 0 Å². The highest BCUT2D eigenvalue weighted by molar-refractivity contribution is 7.91. The number of nitrogens with zero attached hydrogens (tertiary/aromatic N) is 1. The highest BCUT2D eigenvalue weighted by Gasteiger charge is 2.28. The van der Waals surface area contributed by atoms with Gasteiger partial charge in [0, 0.05) is 29.9 Å². The lowest BCUT2D eigenvalue weighted by atomic mass is 9.97. The number of sulfone groups is 1. The van der Waals surface area contributed by atoms with E-state index >= 15 is 0 Å². The topological polar surface area (TPSA) is 92.8 Å². The predicted octanol–water partition coefficient (Wildman–Crippen LogP) is 2.02. The molecule has 1 N–H and O–H groups in total. The molecule has 2 unspecified atom stereocenters. The minimum atomic E-state index is -3.11. The van der Waals surface area contributed by atoms with Crippen LogP contribution in [0.5, 0.6) is 5.75 Å². The fourth-order valence-electron chi connectivity index (χ4n) is 3.40. The largest absolute Gasteiger partial charge is 0.484 e. The Kier molecular flexibility index (Phi) is 7.86. The fourth-order valence-corrected chi connectivity index (χ4v) is 4.10. The van der Waals surface area contributed by atoms with Gasteiger partial charge in [-0.05, 0) is 57.4 Å². The molecule has 8 heteroatoms. The highest BCUT2D eigenvalue weighted by atomic mass is 32.2. The Morgan fingerprint density at radius 2 is 1.75 bits per heavy atom. The Balaban J connectivity index is 1.83. The van der Waals surface area contributed by atoms with Crippen LogP contribution in [-0.2, 0) is 14.6 Å². The van der Waals surface area contributed by atoms with Gasteiger partial charge in [0.25, 0.3) is 11.8 Å². The number of carbonyl (C=O) groups excluding carboxylic acids is 2. The van der Waals surface area contributed by atoms with E-state index in [9.17, 15) is 18.0 Å². The molecular formula is C20H30N2O5S. The first-order valence-corrected chi connectivity index (χ1v) is 11.6. The summed E-state index contributed by atoms with van der Waals surface area (Å²) >= 11 is 0. The van der Waals surface area contributed by atoms with Gasteiger partial charge in [-0.25, -0.2) is 8.42 Å². The summed E-state index contributed by atoms with van der Waals surface area (Å²) in [7, 11) is -3.11. The van der Waals surface area contributed by atoms with Crippen molar-refractivity contribution in [2.24, 2.45) is 0 Å². The molecule has 7 nitrogen and oxygen atoms in total. The van der Waals surface area contributed by atoms with Crippen molar-refractivity contribution >= 4 is 21.7 Å². The van der Waals surface area contributed by atoms with Crippen LogP contribution in [0.15, 0.2) is 24.3 Å². The molecular weight excluding hydrogens is 380 g/mol. The van der Waals surface area contributed by atoms with Crippen molar-refractivity contribution in [2.45, 2.75) is 52.1 Å². The van der Waals surface area contributed by atoms with E-state index in [-0.39, 0.29) is 48.6 Å². The monoisotopic (exact) mass is 410 g/mol. The Morgan fingerprint density at radius 1 is 1.14 bits per heavy atom. The van der Waals surface area contributed by atoms with Gasteiger partial charge in [-0.15, -0.1) is 0 Å². The molecule has 0 bridgehead atoms. The van der Waals surface area contributed by atoms with E-state index in [1.54, 1.807) is 31.2 Å². The number of amides is 2. The van der Waals surface area contributed by atoms with Crippen molar-refractivity contribution in [3.05, 3.63) is 29.8 Å². The molecule has 2 rings (SSSR count). The van der Waals surface area contributed by atoms with Gasteiger partial charge in [-0.1, -0.05) is 6.92 Å². The number of hydrogen-bond acceptors (Lipinski definition) is 5. The van der Waals surface area contributed by atoms with Crippen LogP contribution < -0.4 is 10.1 Å². The molecule has 1 saturated heterocycles. The van der Waals surface area contributed by atoms with Crippen molar-refractivity contribution in [1.82, 2.24) is 10.2 Å². The molecule has 1 aliphatic rings. The minimum absolute atomic E-state index is 0.0290. The summed E-state index contributed by atoms with van der Waals surface area (Å²) in [6.07, 6.45) is 3.17. The van der Waals surface area contributed by atoms with Crippen LogP contribution in [0.2, 0.25) is 0 Å². The van der Waals surface area contributed by atoms with Crippen LogP contribution in [0.3, 0.4) is 0 Å². The second kappa shape index (κ2) is 9.91. The van der Waals surface area contributed by atoms with Crippen LogP contribution in [-0.4, -0.2) is 61.9 Å². The highest BCUT2D eigenvalue weighted by Crippen LogP contribution is 2.23. The lowest BCUT2D eigenvalue weighted by Crippen LogP contribution is -2.49. The number of nitrogens with one attached hydrogen (secondary N) is 1. The fraction of sp³-hybridized carbons (Fsp3) is 0.600. The van der Waals surface area contributed by atoms with Gasteiger partial charge in [0.2, 0.25) is 0 Å². The van der Waals surface area contributed by atoms with E-state index in [4.69, 9.17) is 4.74 Å². The Hall–Kier alpha value is -2.09. The quantitative estimate of drug-likeness (QED) is 0.708. The summed E-state index contributed by atoms with van der Waals surface area (Å²) in [4.78, 5) is 26.4. The van der Waals surface area contributed by atoms with E-state index < -0.39 is 9.84 Å². The summed E-state index contributed by atoms with van der Waals surface area (Å²) in [6.45, 7) is 5.75. The van der Waals surface area contributed by atoms with Crippen molar-refractivity contribution in [2.75, 3.05) is 24.7 Å². The summed E-state index contributed by atoms with van der Waals surface area (Å²) in [5.74, 6) is 0.119. The molecule has 156 valence electrons. The second-order valence-electron chi connectivity index (χ2n) is 7.24. The minimum Gasteiger partial charge on any atom is -0.484 e. The molecule has 0 spiro atoms. The molecule has 1 fully saturated rings. The lowest BCUT2D eigenvalue weighted by Gasteiger charge is -2.38. The van der Waals surface area contributed by atoms with Crippen molar-refractivity contribution in [3.8, 4) is 5.75 Å². The maximum absolute atomic E-state index is 12.5. The zero-order valence-electron chi connectivity index (χ0n) is 16.8. The van der Waals surface area contributed by atoms with Crippen LogP contribution in [0, 0.1) is 0 Å². The molecule has 1 aromatic carbocycles. The Labute approximate surface area is 167 Å². The van der Waals surface area contributed by atoms with E-state index in [2.05, 4.69) is 19.2 Å². The summed E-state index contributed by atoms with van der Waals surface area (Å²) < 4.78 is 28.5. The lowest BCUT2D eigenvalue weighted by molar-refractivity contribution is -0.139. The van der Waals surface area contributed by atoms with E-state index in [1.807, 2.05) is 4.90 Å². The Bertz CT molecular complexity index is 766. The van der Waals surface area contributed by atoms with E-state index in [1.165, 1.54) is 0 Å². The van der Waals surface area contributed by atoms with Gasteiger partial charge in [0.1, 0.15) is 5.75 Å². The molecule has 28 heavy (non-hydrogen) atoms. The predicted molar refractivity (Wildman–Crippen MR) is 108 cm³/mol. The maximum atomic E-state index is 12.5. The first kappa shape index (κ1) is 22.2. The number of carbonyl (C=O) groups is 2. The van der Waals surface area contributed by atoms with Gasteiger partial charge in [-0.2, -0.15) is 0 Å². The molecule has 0 aromatic heterocycles. The van der Waals surface area contributed by atoms with Gasteiger partial charge in [0.15, 0.2) is 16.4 Å². The SMILES string of the molecule is CCS(=O)(=O)CCNC(=O)c1ccc(OCC(=O)N2C(C)CCCC2C)cc1. The molecule has 2 amide bonds. The maximum Gasteiger partial charge on any atom is 0.260 e. The smallest absolute Gasteiger partial charge is 0.260 e. The number of ether oxygens (including phenoxy) is 1. The molecule has 1 heterocycles. The van der Waals surface area contributed by atoms with Crippen LogP contribution in [0.1, 0.15) is 50.4 Å². The molecule has 0 saturated carbocycles. The molecule has 2 atom stereocenters. The normalized spacial score (nSPS) is 19.9. The third kappa shape index (κ3) is 6.22. The van der Waals surface area contributed by atoms with Gasteiger partial charge >= 0.3 is 0 Å². The summed E-state index contributed by atoms with van der Waals surface area (Å²) in [5.41, 5.74) is 0.408. The third-order valence-corrected chi connectivity index (χ3v) is 6.80. The first-order chi connectivity index (χ1) is 13.2. The average Bonchev–Trinajstić information content (AvgIpc) is 2.66.